The normalized spacial score (nSPS) is 33.8. The molecule has 6 nitrogen and oxygen atoms in total. The Bertz CT molecular complexity index is 377. The maximum Gasteiger partial charge on any atom is 0.336 e. The van der Waals surface area contributed by atoms with Gasteiger partial charge >= 0.3 is 5.97 Å². The molecule has 0 bridgehead atoms. The van der Waals surface area contributed by atoms with Crippen LogP contribution in [0.4, 0.5) is 0 Å². The van der Waals surface area contributed by atoms with Gasteiger partial charge in [0.1, 0.15) is 24.4 Å². The largest absolute Gasteiger partial charge is 0.463 e. The van der Waals surface area contributed by atoms with E-state index in [2.05, 4.69) is 6.58 Å². The van der Waals surface area contributed by atoms with Crippen molar-refractivity contribution in [3.63, 3.8) is 0 Å². The average Bonchev–Trinajstić information content (AvgIpc) is 3.06. The van der Waals surface area contributed by atoms with Crippen LogP contribution in [0.2, 0.25) is 0 Å². The van der Waals surface area contributed by atoms with Crippen LogP contribution >= 0.6 is 0 Å². The van der Waals surface area contributed by atoms with E-state index in [-0.39, 0.29) is 24.4 Å². The van der Waals surface area contributed by atoms with Crippen molar-refractivity contribution in [1.82, 2.24) is 0 Å². The molecule has 2 aliphatic rings. The van der Waals surface area contributed by atoms with Gasteiger partial charge in [0.25, 0.3) is 0 Å². The van der Waals surface area contributed by atoms with Crippen LogP contribution in [-0.2, 0) is 23.7 Å². The van der Waals surface area contributed by atoms with Gasteiger partial charge in [-0.2, -0.15) is 0 Å². The summed E-state index contributed by atoms with van der Waals surface area (Å²) in [4.78, 5) is 11.5. The van der Waals surface area contributed by atoms with Crippen LogP contribution < -0.4 is 0 Å². The molecule has 4 atom stereocenters. The molecule has 0 aromatic carbocycles. The fourth-order valence-electron chi connectivity index (χ4n) is 2.11. The van der Waals surface area contributed by atoms with Crippen LogP contribution in [0.1, 0.15) is 20.8 Å². The van der Waals surface area contributed by atoms with Gasteiger partial charge in [-0.05, 0) is 20.8 Å². The monoisotopic (exact) mass is 272 g/mol. The summed E-state index contributed by atoms with van der Waals surface area (Å²) in [7, 11) is 0. The third-order valence-electron chi connectivity index (χ3n) is 3.16. The van der Waals surface area contributed by atoms with E-state index in [0.29, 0.717) is 6.61 Å². The van der Waals surface area contributed by atoms with Crippen LogP contribution in [0.25, 0.3) is 0 Å². The van der Waals surface area contributed by atoms with Crippen molar-refractivity contribution in [3.8, 4) is 0 Å². The Balaban J connectivity index is 1.85. The van der Waals surface area contributed by atoms with E-state index >= 15 is 0 Å². The lowest BCUT2D eigenvalue weighted by Gasteiger charge is -2.16. The highest BCUT2D eigenvalue weighted by Gasteiger charge is 2.54. The van der Waals surface area contributed by atoms with E-state index in [9.17, 15) is 9.90 Å². The van der Waals surface area contributed by atoms with Crippen molar-refractivity contribution < 1.29 is 28.8 Å². The molecule has 0 aromatic heterocycles. The fraction of sp³-hybridized carbons (Fsp3) is 0.769. The highest BCUT2D eigenvalue weighted by atomic mass is 16.8. The zero-order chi connectivity index (χ0) is 14.2. The molecule has 2 aliphatic heterocycles. The number of esters is 1. The molecular formula is C13H20O6. The Morgan fingerprint density at radius 3 is 2.79 bits per heavy atom. The molecule has 0 unspecified atom stereocenters. The van der Waals surface area contributed by atoms with E-state index in [0.717, 1.165) is 0 Å². The Morgan fingerprint density at radius 2 is 2.26 bits per heavy atom. The second-order valence-electron chi connectivity index (χ2n) is 5.12. The zero-order valence-electron chi connectivity index (χ0n) is 11.4. The van der Waals surface area contributed by atoms with Gasteiger partial charge in [-0.3, -0.25) is 0 Å². The molecule has 108 valence electrons. The summed E-state index contributed by atoms with van der Waals surface area (Å²) in [6.45, 7) is 9.53. The molecule has 0 aliphatic carbocycles. The number of aliphatic hydroxyl groups is 1. The molecule has 0 radical (unpaired) electrons. The van der Waals surface area contributed by atoms with Crippen molar-refractivity contribution in [2.24, 2.45) is 0 Å². The van der Waals surface area contributed by atoms with E-state index in [1.54, 1.807) is 6.92 Å². The van der Waals surface area contributed by atoms with Gasteiger partial charge in [0.05, 0.1) is 18.8 Å². The number of hydrogen-bond donors (Lipinski definition) is 1. The van der Waals surface area contributed by atoms with E-state index in [4.69, 9.17) is 18.9 Å². The molecule has 2 rings (SSSR count). The van der Waals surface area contributed by atoms with E-state index in [1.165, 1.54) is 0 Å². The molecule has 0 saturated carbocycles. The Labute approximate surface area is 112 Å². The summed E-state index contributed by atoms with van der Waals surface area (Å²) < 4.78 is 21.2. The summed E-state index contributed by atoms with van der Waals surface area (Å²) in [5.41, 5.74) is 0.00697. The van der Waals surface area contributed by atoms with Gasteiger partial charge in [-0.25, -0.2) is 4.79 Å². The smallest absolute Gasteiger partial charge is 0.336 e. The van der Waals surface area contributed by atoms with Crippen molar-refractivity contribution in [1.29, 1.82) is 0 Å². The van der Waals surface area contributed by atoms with Gasteiger partial charge in [-0.1, -0.05) is 6.58 Å². The van der Waals surface area contributed by atoms with Crippen molar-refractivity contribution in [2.75, 3.05) is 13.2 Å². The fourth-order valence-corrected chi connectivity index (χ4v) is 2.11. The lowest BCUT2D eigenvalue weighted by molar-refractivity contribution is -0.141. The summed E-state index contributed by atoms with van der Waals surface area (Å²) in [6.07, 6.45) is -2.07. The molecule has 0 amide bonds. The third-order valence-corrected chi connectivity index (χ3v) is 3.16. The Morgan fingerprint density at radius 1 is 1.58 bits per heavy atom. The maximum atomic E-state index is 11.5. The van der Waals surface area contributed by atoms with Crippen LogP contribution in [0.5, 0.6) is 0 Å². The summed E-state index contributed by atoms with van der Waals surface area (Å²) in [5.74, 6) is -1.24. The number of ether oxygens (including phenoxy) is 4. The lowest BCUT2D eigenvalue weighted by atomic mass is 10.0. The van der Waals surface area contributed by atoms with Crippen LogP contribution in [-0.4, -0.2) is 54.5 Å². The minimum Gasteiger partial charge on any atom is -0.463 e. The van der Waals surface area contributed by atoms with Gasteiger partial charge in [0, 0.05) is 0 Å². The predicted molar refractivity (Wildman–Crippen MR) is 65.3 cm³/mol. The maximum absolute atomic E-state index is 11.5. The van der Waals surface area contributed by atoms with Crippen LogP contribution in [0.3, 0.4) is 0 Å². The van der Waals surface area contributed by atoms with Gasteiger partial charge in [0.2, 0.25) is 0 Å². The molecule has 6 heteroatoms. The van der Waals surface area contributed by atoms with Gasteiger partial charge < -0.3 is 24.1 Å². The molecule has 19 heavy (non-hydrogen) atoms. The van der Waals surface area contributed by atoms with Crippen molar-refractivity contribution in [3.05, 3.63) is 12.2 Å². The number of rotatable bonds is 5. The van der Waals surface area contributed by atoms with Gasteiger partial charge in [-0.15, -0.1) is 0 Å². The Hall–Kier alpha value is -0.950. The highest BCUT2D eigenvalue weighted by Crippen LogP contribution is 2.37. The predicted octanol–water partition coefficient (Wildman–Crippen LogP) is 0.385. The molecule has 1 N–H and O–H groups in total. The van der Waals surface area contributed by atoms with E-state index < -0.39 is 24.0 Å². The SMILES string of the molecule is C=C(C(=O)OCC)[C@@H](O)[C@@H]1O[C@@H]1[C@H]1COC(C)(C)O1. The number of hydrogen-bond acceptors (Lipinski definition) is 6. The average molecular weight is 272 g/mol. The van der Waals surface area contributed by atoms with E-state index in [1.807, 2.05) is 13.8 Å². The minimum absolute atomic E-state index is 0.00697. The first-order valence-electron chi connectivity index (χ1n) is 6.37. The second kappa shape index (κ2) is 5.20. The standard InChI is InChI=1S/C13H20O6/c1-5-16-12(15)7(2)9(14)11-10(18-11)8-6-17-13(3,4)19-8/h8-11,14H,2,5-6H2,1,3-4H3/t8-,9-,10-,11+/m1/s1. The quantitative estimate of drug-likeness (QED) is 0.443. The van der Waals surface area contributed by atoms with Crippen LogP contribution in [0.15, 0.2) is 12.2 Å². The number of carbonyl (C=O) groups excluding carboxylic acids is 1. The first-order valence-corrected chi connectivity index (χ1v) is 6.37. The molecule has 0 aromatic rings. The summed E-state index contributed by atoms with van der Waals surface area (Å²) in [5, 5.41) is 9.99. The zero-order valence-corrected chi connectivity index (χ0v) is 11.4. The molecular weight excluding hydrogens is 252 g/mol. The lowest BCUT2D eigenvalue weighted by Crippen LogP contribution is -2.30. The second-order valence-corrected chi connectivity index (χ2v) is 5.12. The number of aliphatic hydroxyl groups excluding tert-OH is 1. The third kappa shape index (κ3) is 3.14. The Kier molecular flexibility index (Phi) is 3.96. The molecule has 2 saturated heterocycles. The highest BCUT2D eigenvalue weighted by molar-refractivity contribution is 5.89. The van der Waals surface area contributed by atoms with Gasteiger partial charge in [0.15, 0.2) is 5.79 Å². The number of carbonyl (C=O) groups is 1. The first kappa shape index (κ1) is 14.5. The topological polar surface area (TPSA) is 77.5 Å². The molecule has 2 heterocycles. The van der Waals surface area contributed by atoms with Crippen molar-refractivity contribution >= 4 is 5.97 Å². The molecule has 2 fully saturated rings. The first-order chi connectivity index (χ1) is 8.85. The van der Waals surface area contributed by atoms with Crippen LogP contribution in [0, 0.1) is 0 Å². The molecule has 0 spiro atoms. The minimum atomic E-state index is -1.07. The van der Waals surface area contributed by atoms with Crippen molar-refractivity contribution in [2.45, 2.75) is 51.0 Å². The number of epoxide rings is 1. The summed E-state index contributed by atoms with van der Waals surface area (Å²) in [6, 6.07) is 0. The summed E-state index contributed by atoms with van der Waals surface area (Å²) >= 11 is 0.